The third-order valence-corrected chi connectivity index (χ3v) is 3.27. The van der Waals surface area contributed by atoms with Crippen molar-refractivity contribution in [2.24, 2.45) is 0 Å². The van der Waals surface area contributed by atoms with Crippen molar-refractivity contribution < 1.29 is 18.0 Å². The van der Waals surface area contributed by atoms with Crippen molar-refractivity contribution in [1.29, 1.82) is 0 Å². The van der Waals surface area contributed by atoms with Crippen LogP contribution in [0.2, 0.25) is 0 Å². The van der Waals surface area contributed by atoms with Crippen molar-refractivity contribution in [2.75, 3.05) is 5.32 Å². The molecule has 0 radical (unpaired) electrons. The molecule has 0 saturated heterocycles. The number of anilines is 1. The molecule has 0 saturated carbocycles. The van der Waals surface area contributed by atoms with Crippen molar-refractivity contribution in [3.63, 3.8) is 0 Å². The third kappa shape index (κ3) is 4.98. The summed E-state index contributed by atoms with van der Waals surface area (Å²) in [7, 11) is 0. The highest BCUT2D eigenvalue weighted by molar-refractivity contribution is 6.01. The molecule has 23 heavy (non-hydrogen) atoms. The van der Waals surface area contributed by atoms with Crippen LogP contribution in [0.15, 0.2) is 54.6 Å². The van der Waals surface area contributed by atoms with Gasteiger partial charge in [0.25, 0.3) is 0 Å². The largest absolute Gasteiger partial charge is 0.416 e. The smallest absolute Gasteiger partial charge is 0.323 e. The van der Waals surface area contributed by atoms with E-state index in [1.165, 1.54) is 24.3 Å². The van der Waals surface area contributed by atoms with Crippen molar-refractivity contribution in [3.8, 4) is 0 Å². The number of rotatable bonds is 4. The van der Waals surface area contributed by atoms with Gasteiger partial charge >= 0.3 is 6.18 Å². The minimum Gasteiger partial charge on any atom is -0.323 e. The van der Waals surface area contributed by atoms with E-state index in [1.807, 2.05) is 25.1 Å². The predicted molar refractivity (Wildman–Crippen MR) is 84.9 cm³/mol. The van der Waals surface area contributed by atoms with Gasteiger partial charge in [0.05, 0.1) is 5.56 Å². The average Bonchev–Trinajstić information content (AvgIpc) is 2.52. The highest BCUT2D eigenvalue weighted by atomic mass is 19.4. The van der Waals surface area contributed by atoms with E-state index in [0.29, 0.717) is 11.3 Å². The van der Waals surface area contributed by atoms with E-state index < -0.39 is 11.7 Å². The molecule has 2 aromatic carbocycles. The number of carbonyl (C=O) groups is 1. The lowest BCUT2D eigenvalue weighted by Gasteiger charge is -2.06. The molecule has 0 aliphatic rings. The summed E-state index contributed by atoms with van der Waals surface area (Å²) >= 11 is 0. The number of hydrogen-bond acceptors (Lipinski definition) is 1. The number of benzene rings is 2. The maximum Gasteiger partial charge on any atom is 0.416 e. The maximum atomic E-state index is 12.5. The van der Waals surface area contributed by atoms with Crippen LogP contribution in [0.3, 0.4) is 0 Å². The van der Waals surface area contributed by atoms with Gasteiger partial charge in [0, 0.05) is 11.8 Å². The van der Waals surface area contributed by atoms with Crippen molar-refractivity contribution in [3.05, 3.63) is 71.3 Å². The molecular formula is C18H16F3NO. The molecule has 1 N–H and O–H groups in total. The molecule has 0 aliphatic carbocycles. The molecular weight excluding hydrogens is 303 g/mol. The first kappa shape index (κ1) is 16.8. The summed E-state index contributed by atoms with van der Waals surface area (Å²) in [6.45, 7) is 2.02. The Kier molecular flexibility index (Phi) is 5.21. The van der Waals surface area contributed by atoms with Crippen LogP contribution >= 0.6 is 0 Å². The molecule has 120 valence electrons. The lowest BCUT2D eigenvalue weighted by atomic mass is 10.1. The van der Waals surface area contributed by atoms with Gasteiger partial charge in [-0.25, -0.2) is 0 Å². The number of hydrogen-bond donors (Lipinski definition) is 1. The Morgan fingerprint density at radius 1 is 1.13 bits per heavy atom. The van der Waals surface area contributed by atoms with Crippen LogP contribution in [0.25, 0.3) is 6.08 Å². The monoisotopic (exact) mass is 319 g/mol. The summed E-state index contributed by atoms with van der Waals surface area (Å²) < 4.78 is 37.4. The second kappa shape index (κ2) is 7.13. The summed E-state index contributed by atoms with van der Waals surface area (Å²) in [5.41, 5.74) is 1.60. The standard InChI is InChI=1S/C18H16F3NO/c1-2-13-4-3-5-16(12-13)22-17(23)11-8-14-6-9-15(10-7-14)18(19,20)21/h3-12H,2H2,1H3,(H,22,23)/b11-8+. The fourth-order valence-electron chi connectivity index (χ4n) is 2.01. The molecule has 1 amide bonds. The van der Waals surface area contributed by atoms with E-state index in [-0.39, 0.29) is 5.91 Å². The molecule has 0 spiro atoms. The Morgan fingerprint density at radius 2 is 1.83 bits per heavy atom. The molecule has 0 bridgehead atoms. The van der Waals surface area contributed by atoms with Crippen LogP contribution in [-0.4, -0.2) is 5.91 Å². The van der Waals surface area contributed by atoms with E-state index in [4.69, 9.17) is 0 Å². The zero-order valence-electron chi connectivity index (χ0n) is 12.5. The van der Waals surface area contributed by atoms with Crippen LogP contribution in [0.4, 0.5) is 18.9 Å². The first-order valence-corrected chi connectivity index (χ1v) is 7.14. The average molecular weight is 319 g/mol. The quantitative estimate of drug-likeness (QED) is 0.796. The zero-order valence-corrected chi connectivity index (χ0v) is 12.5. The van der Waals surface area contributed by atoms with E-state index in [0.717, 1.165) is 24.1 Å². The summed E-state index contributed by atoms with van der Waals surface area (Å²) in [5, 5.41) is 2.72. The highest BCUT2D eigenvalue weighted by Crippen LogP contribution is 2.29. The lowest BCUT2D eigenvalue weighted by molar-refractivity contribution is -0.137. The molecule has 0 heterocycles. The summed E-state index contributed by atoms with van der Waals surface area (Å²) in [5.74, 6) is -0.335. The van der Waals surface area contributed by atoms with Gasteiger partial charge in [-0.05, 0) is 47.9 Å². The molecule has 2 rings (SSSR count). The van der Waals surface area contributed by atoms with Crippen LogP contribution in [-0.2, 0) is 17.4 Å². The lowest BCUT2D eigenvalue weighted by Crippen LogP contribution is -2.07. The molecule has 5 heteroatoms. The SMILES string of the molecule is CCc1cccc(NC(=O)/C=C/c2ccc(C(F)(F)F)cc2)c1. The van der Waals surface area contributed by atoms with Gasteiger partial charge in [-0.1, -0.05) is 31.2 Å². The number of halogens is 3. The van der Waals surface area contributed by atoms with Gasteiger partial charge in [-0.3, -0.25) is 4.79 Å². The Bertz CT molecular complexity index is 703. The number of nitrogens with one attached hydrogen (secondary N) is 1. The Hall–Kier alpha value is -2.56. The highest BCUT2D eigenvalue weighted by Gasteiger charge is 2.29. The van der Waals surface area contributed by atoms with E-state index in [9.17, 15) is 18.0 Å². The summed E-state index contributed by atoms with van der Waals surface area (Å²) in [6, 6.07) is 12.1. The van der Waals surface area contributed by atoms with Gasteiger partial charge in [-0.2, -0.15) is 13.2 Å². The fourth-order valence-corrected chi connectivity index (χ4v) is 2.01. The second-order valence-electron chi connectivity index (χ2n) is 5.00. The van der Waals surface area contributed by atoms with Crippen LogP contribution in [0.5, 0.6) is 0 Å². The van der Waals surface area contributed by atoms with Gasteiger partial charge in [0.15, 0.2) is 0 Å². The summed E-state index contributed by atoms with van der Waals surface area (Å²) in [6.07, 6.45) is -0.727. The van der Waals surface area contributed by atoms with Gasteiger partial charge < -0.3 is 5.32 Å². The van der Waals surface area contributed by atoms with Crippen LogP contribution in [0.1, 0.15) is 23.6 Å². The molecule has 2 aromatic rings. The van der Waals surface area contributed by atoms with Crippen LogP contribution < -0.4 is 5.32 Å². The molecule has 0 aliphatic heterocycles. The van der Waals surface area contributed by atoms with Crippen molar-refractivity contribution >= 4 is 17.7 Å². The third-order valence-electron chi connectivity index (χ3n) is 3.27. The van der Waals surface area contributed by atoms with Gasteiger partial charge in [-0.15, -0.1) is 0 Å². The van der Waals surface area contributed by atoms with E-state index in [2.05, 4.69) is 5.32 Å². The second-order valence-corrected chi connectivity index (χ2v) is 5.00. The normalized spacial score (nSPS) is 11.7. The van der Waals surface area contributed by atoms with Crippen LogP contribution in [0, 0.1) is 0 Å². The first-order valence-electron chi connectivity index (χ1n) is 7.14. The number of aryl methyl sites for hydroxylation is 1. The van der Waals surface area contributed by atoms with E-state index >= 15 is 0 Å². The van der Waals surface area contributed by atoms with E-state index in [1.54, 1.807) is 6.07 Å². The minimum atomic E-state index is -4.36. The zero-order chi connectivity index (χ0) is 16.9. The molecule has 0 aromatic heterocycles. The summed E-state index contributed by atoms with van der Waals surface area (Å²) in [4.78, 5) is 11.8. The molecule has 2 nitrogen and oxygen atoms in total. The van der Waals surface area contributed by atoms with Crippen molar-refractivity contribution in [1.82, 2.24) is 0 Å². The first-order chi connectivity index (χ1) is 10.9. The Labute approximate surface area is 132 Å². The van der Waals surface area contributed by atoms with Gasteiger partial charge in [0.2, 0.25) is 5.91 Å². The predicted octanol–water partition coefficient (Wildman–Crippen LogP) is 4.92. The van der Waals surface area contributed by atoms with Crippen molar-refractivity contribution in [2.45, 2.75) is 19.5 Å². The Morgan fingerprint density at radius 3 is 2.43 bits per heavy atom. The molecule has 0 fully saturated rings. The number of carbonyl (C=O) groups excluding carboxylic acids is 1. The minimum absolute atomic E-state index is 0.335. The number of alkyl halides is 3. The fraction of sp³-hybridized carbons (Fsp3) is 0.167. The molecule has 0 atom stereocenters. The molecule has 0 unspecified atom stereocenters. The van der Waals surface area contributed by atoms with Gasteiger partial charge in [0.1, 0.15) is 0 Å². The Balaban J connectivity index is 2.00. The maximum absolute atomic E-state index is 12.5. The topological polar surface area (TPSA) is 29.1 Å². The number of amides is 1.